The van der Waals surface area contributed by atoms with E-state index in [-0.39, 0.29) is 0 Å². The van der Waals surface area contributed by atoms with Crippen LogP contribution in [0.3, 0.4) is 0 Å². The summed E-state index contributed by atoms with van der Waals surface area (Å²) in [6, 6.07) is 52.5. The van der Waals surface area contributed by atoms with Gasteiger partial charge in [-0.2, -0.15) is 0 Å². The van der Waals surface area contributed by atoms with Crippen LogP contribution in [0.1, 0.15) is 0 Å². The molecule has 0 fully saturated rings. The average molecular weight is 587 g/mol. The second-order valence-corrected chi connectivity index (χ2v) is 11.4. The number of rotatable bonds is 4. The lowest BCUT2D eigenvalue weighted by Crippen LogP contribution is -1.96. The second kappa shape index (κ2) is 10.7. The van der Waals surface area contributed by atoms with Crippen molar-refractivity contribution >= 4 is 43.4 Å². The van der Waals surface area contributed by atoms with Crippen LogP contribution >= 0.6 is 0 Å². The summed E-state index contributed by atoms with van der Waals surface area (Å²) in [5, 5.41) is 8.20. The molecule has 3 aromatic heterocycles. The van der Waals surface area contributed by atoms with E-state index in [9.17, 15) is 0 Å². The largest absolute Gasteiger partial charge is 0.237 e. The third kappa shape index (κ3) is 4.31. The first-order valence-electron chi connectivity index (χ1n) is 15.4. The minimum atomic E-state index is 0.682. The van der Waals surface area contributed by atoms with Crippen molar-refractivity contribution < 1.29 is 0 Å². The molecule has 0 atom stereocenters. The van der Waals surface area contributed by atoms with E-state index in [0.29, 0.717) is 5.82 Å². The molecular formula is C42H26N4. The Morgan fingerprint density at radius 1 is 0.348 bits per heavy atom. The quantitative estimate of drug-likeness (QED) is 0.193. The summed E-state index contributed by atoms with van der Waals surface area (Å²) < 4.78 is 0. The maximum absolute atomic E-state index is 5.20. The number of benzene rings is 6. The van der Waals surface area contributed by atoms with Gasteiger partial charge < -0.3 is 0 Å². The van der Waals surface area contributed by atoms with Crippen molar-refractivity contribution in [1.29, 1.82) is 0 Å². The predicted molar refractivity (Wildman–Crippen MR) is 189 cm³/mol. The van der Waals surface area contributed by atoms with Crippen LogP contribution < -0.4 is 0 Å². The standard InChI is InChI=1S/C42H26N4/c1-3-12-27(13-4-1)36-26-37(28-14-5-2-6-15-28)45-41(44-36)30-23-21-29(22-24-30)40-39-34-19-10-8-17-32(34)31-16-7-9-18-33(31)38(39)35-20-11-25-43-42(35)46-40/h1-26H. The molecule has 3 heterocycles. The van der Waals surface area contributed by atoms with Gasteiger partial charge in [-0.25, -0.2) is 19.9 Å². The van der Waals surface area contributed by atoms with Crippen molar-refractivity contribution in [1.82, 2.24) is 19.9 Å². The SMILES string of the molecule is c1ccc(-c2cc(-c3ccccc3)nc(-c3ccc(-c4nc5ncccc5c5c6ccccc6c6ccccc6c45)cc3)n2)cc1. The molecule has 0 aliphatic rings. The number of hydrogen-bond donors (Lipinski definition) is 0. The summed E-state index contributed by atoms with van der Waals surface area (Å²) in [6.07, 6.45) is 1.82. The monoisotopic (exact) mass is 586 g/mol. The van der Waals surface area contributed by atoms with Gasteiger partial charge in [0, 0.05) is 44.6 Å². The Morgan fingerprint density at radius 3 is 1.46 bits per heavy atom. The van der Waals surface area contributed by atoms with E-state index in [0.717, 1.165) is 55.8 Å². The van der Waals surface area contributed by atoms with Crippen LogP contribution in [0.25, 0.3) is 88.5 Å². The van der Waals surface area contributed by atoms with Crippen molar-refractivity contribution in [3.05, 3.63) is 158 Å². The van der Waals surface area contributed by atoms with Crippen LogP contribution in [0.5, 0.6) is 0 Å². The summed E-state index contributed by atoms with van der Waals surface area (Å²) in [6.45, 7) is 0. The lowest BCUT2D eigenvalue weighted by Gasteiger charge is -2.16. The highest BCUT2D eigenvalue weighted by Crippen LogP contribution is 2.42. The lowest BCUT2D eigenvalue weighted by molar-refractivity contribution is 1.18. The number of nitrogens with zero attached hydrogens (tertiary/aromatic N) is 4. The molecule has 4 nitrogen and oxygen atoms in total. The molecule has 0 aliphatic carbocycles. The fourth-order valence-electron chi connectivity index (χ4n) is 6.59. The molecule has 0 saturated heterocycles. The first-order chi connectivity index (χ1) is 22.8. The Balaban J connectivity index is 1.26. The molecule has 0 bridgehead atoms. The number of aromatic nitrogens is 4. The van der Waals surface area contributed by atoms with Crippen molar-refractivity contribution in [2.75, 3.05) is 0 Å². The van der Waals surface area contributed by atoms with Crippen molar-refractivity contribution in [3.63, 3.8) is 0 Å². The first-order valence-corrected chi connectivity index (χ1v) is 15.4. The normalized spacial score (nSPS) is 11.5. The van der Waals surface area contributed by atoms with E-state index >= 15 is 0 Å². The average Bonchev–Trinajstić information content (AvgIpc) is 3.15. The van der Waals surface area contributed by atoms with Gasteiger partial charge in [-0.15, -0.1) is 0 Å². The van der Waals surface area contributed by atoms with Gasteiger partial charge in [-0.05, 0) is 39.7 Å². The van der Waals surface area contributed by atoms with E-state index in [4.69, 9.17) is 19.9 Å². The molecular weight excluding hydrogens is 560 g/mol. The summed E-state index contributed by atoms with van der Waals surface area (Å²) >= 11 is 0. The zero-order chi connectivity index (χ0) is 30.5. The molecule has 0 radical (unpaired) electrons. The van der Waals surface area contributed by atoms with Crippen LogP contribution in [0.15, 0.2) is 158 Å². The van der Waals surface area contributed by atoms with Gasteiger partial charge in [0.05, 0.1) is 17.1 Å². The van der Waals surface area contributed by atoms with Gasteiger partial charge in [0.1, 0.15) is 0 Å². The van der Waals surface area contributed by atoms with Gasteiger partial charge in [0.25, 0.3) is 0 Å². The minimum Gasteiger partial charge on any atom is -0.237 e. The zero-order valence-corrected chi connectivity index (χ0v) is 24.8. The molecule has 0 aliphatic heterocycles. The van der Waals surface area contributed by atoms with Crippen molar-refractivity contribution in [2.45, 2.75) is 0 Å². The molecule has 214 valence electrons. The highest BCUT2D eigenvalue weighted by atomic mass is 14.9. The maximum Gasteiger partial charge on any atom is 0.160 e. The highest BCUT2D eigenvalue weighted by molar-refractivity contribution is 6.33. The maximum atomic E-state index is 5.20. The molecule has 46 heavy (non-hydrogen) atoms. The smallest absolute Gasteiger partial charge is 0.160 e. The fourth-order valence-corrected chi connectivity index (χ4v) is 6.59. The van der Waals surface area contributed by atoms with E-state index in [1.807, 2.05) is 48.7 Å². The van der Waals surface area contributed by atoms with Crippen LogP contribution in [-0.4, -0.2) is 19.9 Å². The summed E-state index contributed by atoms with van der Waals surface area (Å²) in [5.74, 6) is 0.682. The van der Waals surface area contributed by atoms with E-state index < -0.39 is 0 Å². The number of fused-ring (bicyclic) bond motifs is 8. The molecule has 0 amide bonds. The van der Waals surface area contributed by atoms with Gasteiger partial charge in [0.2, 0.25) is 0 Å². The van der Waals surface area contributed by atoms with Crippen molar-refractivity contribution in [3.8, 4) is 45.2 Å². The van der Waals surface area contributed by atoms with Gasteiger partial charge >= 0.3 is 0 Å². The third-order valence-electron chi connectivity index (χ3n) is 8.73. The molecule has 0 spiro atoms. The third-order valence-corrected chi connectivity index (χ3v) is 8.73. The Hall–Kier alpha value is -6.26. The van der Waals surface area contributed by atoms with Crippen LogP contribution in [-0.2, 0) is 0 Å². The summed E-state index contributed by atoms with van der Waals surface area (Å²) in [7, 11) is 0. The predicted octanol–water partition coefficient (Wildman–Crippen LogP) is 10.5. The molecule has 0 N–H and O–H groups in total. The highest BCUT2D eigenvalue weighted by Gasteiger charge is 2.18. The van der Waals surface area contributed by atoms with Gasteiger partial charge in [-0.3, -0.25) is 0 Å². The molecule has 9 aromatic rings. The van der Waals surface area contributed by atoms with Gasteiger partial charge in [0.15, 0.2) is 11.5 Å². The molecule has 0 unspecified atom stereocenters. The van der Waals surface area contributed by atoms with Crippen LogP contribution in [0.4, 0.5) is 0 Å². The Morgan fingerprint density at radius 2 is 0.848 bits per heavy atom. The Kier molecular flexibility index (Phi) is 6.10. The topological polar surface area (TPSA) is 51.6 Å². The Labute approximate surface area is 265 Å². The second-order valence-electron chi connectivity index (χ2n) is 11.4. The molecule has 0 saturated carbocycles. The fraction of sp³-hybridized carbons (Fsp3) is 0. The van der Waals surface area contributed by atoms with Crippen LogP contribution in [0.2, 0.25) is 0 Å². The zero-order valence-electron chi connectivity index (χ0n) is 24.8. The minimum absolute atomic E-state index is 0.682. The van der Waals surface area contributed by atoms with Gasteiger partial charge in [-0.1, -0.05) is 133 Å². The number of hydrogen-bond acceptors (Lipinski definition) is 4. The van der Waals surface area contributed by atoms with E-state index in [1.165, 1.54) is 26.9 Å². The molecule has 9 rings (SSSR count). The van der Waals surface area contributed by atoms with Crippen LogP contribution in [0, 0.1) is 0 Å². The lowest BCUT2D eigenvalue weighted by atomic mass is 9.90. The molecule has 6 aromatic carbocycles. The Bertz CT molecular complexity index is 2500. The molecule has 4 heteroatoms. The van der Waals surface area contributed by atoms with E-state index in [2.05, 4.69) is 109 Å². The van der Waals surface area contributed by atoms with Crippen molar-refractivity contribution in [2.24, 2.45) is 0 Å². The summed E-state index contributed by atoms with van der Waals surface area (Å²) in [4.78, 5) is 20.0. The number of pyridine rings is 2. The summed E-state index contributed by atoms with van der Waals surface area (Å²) in [5.41, 5.74) is 7.50. The first kappa shape index (κ1) is 26.2. The van der Waals surface area contributed by atoms with E-state index in [1.54, 1.807) is 0 Å².